The van der Waals surface area contributed by atoms with E-state index in [4.69, 9.17) is 9.26 Å². The second-order valence-electron chi connectivity index (χ2n) is 6.65. The van der Waals surface area contributed by atoms with E-state index in [1.54, 1.807) is 6.08 Å². The van der Waals surface area contributed by atoms with E-state index < -0.39 is 5.97 Å². The van der Waals surface area contributed by atoms with E-state index in [1.807, 2.05) is 79.2 Å². The van der Waals surface area contributed by atoms with Gasteiger partial charge in [0.05, 0.1) is 11.4 Å². The molecule has 0 aliphatic rings. The minimum absolute atomic E-state index is 0.0930. The van der Waals surface area contributed by atoms with Crippen LogP contribution in [0, 0.1) is 13.8 Å². The molecule has 0 spiro atoms. The Bertz CT molecular complexity index is 1180. The van der Waals surface area contributed by atoms with Crippen LogP contribution < -0.4 is 0 Å². The van der Waals surface area contributed by atoms with Crippen LogP contribution in [0.15, 0.2) is 71.3 Å². The van der Waals surface area contributed by atoms with Crippen molar-refractivity contribution in [2.24, 2.45) is 0 Å². The minimum Gasteiger partial charge on any atom is -0.452 e. The summed E-state index contributed by atoms with van der Waals surface area (Å²) >= 11 is 0. The number of nitrogens with zero attached hydrogens (tertiary/aromatic N) is 4. The molecule has 4 rings (SSSR count). The van der Waals surface area contributed by atoms with Gasteiger partial charge in [-0.15, -0.1) is 0 Å². The number of aromatic nitrogens is 4. The molecular formula is C23H20N4O3. The van der Waals surface area contributed by atoms with Crippen molar-refractivity contribution >= 4 is 12.0 Å². The van der Waals surface area contributed by atoms with Crippen molar-refractivity contribution in [3.05, 3.63) is 89.6 Å². The van der Waals surface area contributed by atoms with Crippen molar-refractivity contribution in [3.8, 4) is 17.1 Å². The molecule has 0 aliphatic heterocycles. The van der Waals surface area contributed by atoms with Crippen LogP contribution >= 0.6 is 0 Å². The summed E-state index contributed by atoms with van der Waals surface area (Å²) in [5.41, 5.74) is 4.43. The van der Waals surface area contributed by atoms with Crippen molar-refractivity contribution in [3.63, 3.8) is 0 Å². The highest BCUT2D eigenvalue weighted by molar-refractivity contribution is 5.87. The smallest absolute Gasteiger partial charge is 0.331 e. The monoisotopic (exact) mass is 400 g/mol. The Kier molecular flexibility index (Phi) is 5.52. The molecule has 0 fully saturated rings. The zero-order valence-corrected chi connectivity index (χ0v) is 16.6. The first kappa shape index (κ1) is 19.3. The molecule has 0 bridgehead atoms. The molecule has 2 aromatic carbocycles. The number of rotatable bonds is 6. The molecular weight excluding hydrogens is 380 g/mol. The molecule has 30 heavy (non-hydrogen) atoms. The lowest BCUT2D eigenvalue weighted by atomic mass is 10.2. The predicted molar refractivity (Wildman–Crippen MR) is 112 cm³/mol. The van der Waals surface area contributed by atoms with E-state index in [1.165, 1.54) is 6.08 Å². The number of aryl methyl sites for hydroxylation is 1. The second-order valence-corrected chi connectivity index (χ2v) is 6.65. The summed E-state index contributed by atoms with van der Waals surface area (Å²) in [4.78, 5) is 16.4. The molecule has 2 aromatic heterocycles. The Morgan fingerprint density at radius 3 is 2.50 bits per heavy atom. The van der Waals surface area contributed by atoms with Gasteiger partial charge in [-0.2, -0.15) is 10.1 Å². The summed E-state index contributed by atoms with van der Waals surface area (Å²) < 4.78 is 12.2. The summed E-state index contributed by atoms with van der Waals surface area (Å²) in [6.07, 6.45) is 3.09. The Hall–Kier alpha value is -4.00. The molecule has 0 saturated heterocycles. The standard InChI is InChI=1S/C23H20N4O3/c1-16-20(17(2)27(25-16)19-11-7-4-8-12-19)13-14-22(28)29-15-21-24-23(26-30-21)18-9-5-3-6-10-18/h3-14H,15H2,1-2H3/b14-13+. The maximum Gasteiger partial charge on any atom is 0.331 e. The van der Waals surface area contributed by atoms with Crippen LogP contribution in [0.2, 0.25) is 0 Å². The molecule has 4 aromatic rings. The number of hydrogen-bond donors (Lipinski definition) is 0. The van der Waals surface area contributed by atoms with E-state index >= 15 is 0 Å². The van der Waals surface area contributed by atoms with Crippen molar-refractivity contribution in [1.29, 1.82) is 0 Å². The normalized spacial score (nSPS) is 11.1. The van der Waals surface area contributed by atoms with Crippen LogP contribution in [0.4, 0.5) is 0 Å². The van der Waals surface area contributed by atoms with E-state index in [9.17, 15) is 4.79 Å². The highest BCUT2D eigenvalue weighted by atomic mass is 16.6. The maximum absolute atomic E-state index is 12.1. The van der Waals surface area contributed by atoms with Gasteiger partial charge in [0, 0.05) is 22.9 Å². The van der Waals surface area contributed by atoms with Gasteiger partial charge in [-0.3, -0.25) is 0 Å². The summed E-state index contributed by atoms with van der Waals surface area (Å²) in [6.45, 7) is 3.77. The van der Waals surface area contributed by atoms with Crippen molar-refractivity contribution in [1.82, 2.24) is 19.9 Å². The molecule has 0 N–H and O–H groups in total. The zero-order valence-electron chi connectivity index (χ0n) is 16.6. The molecule has 2 heterocycles. The van der Waals surface area contributed by atoms with Gasteiger partial charge in [0.1, 0.15) is 0 Å². The number of carbonyl (C=O) groups is 1. The van der Waals surface area contributed by atoms with Crippen molar-refractivity contribution < 1.29 is 14.1 Å². The number of hydrogen-bond acceptors (Lipinski definition) is 6. The van der Waals surface area contributed by atoms with Crippen LogP contribution in [-0.2, 0) is 16.1 Å². The fourth-order valence-electron chi connectivity index (χ4n) is 3.07. The van der Waals surface area contributed by atoms with Crippen LogP contribution in [0.25, 0.3) is 23.2 Å². The van der Waals surface area contributed by atoms with Crippen LogP contribution in [0.1, 0.15) is 22.8 Å². The molecule has 0 radical (unpaired) electrons. The van der Waals surface area contributed by atoms with Gasteiger partial charge >= 0.3 is 5.97 Å². The molecule has 0 atom stereocenters. The third-order valence-corrected chi connectivity index (χ3v) is 4.57. The van der Waals surface area contributed by atoms with Crippen molar-refractivity contribution in [2.75, 3.05) is 0 Å². The second kappa shape index (κ2) is 8.57. The Balaban J connectivity index is 1.40. The molecule has 150 valence electrons. The number of ether oxygens (including phenoxy) is 1. The van der Waals surface area contributed by atoms with Gasteiger partial charge in [0.2, 0.25) is 5.82 Å². The van der Waals surface area contributed by atoms with Crippen LogP contribution in [0.3, 0.4) is 0 Å². The first-order chi connectivity index (χ1) is 14.6. The third-order valence-electron chi connectivity index (χ3n) is 4.57. The SMILES string of the molecule is Cc1nn(-c2ccccc2)c(C)c1/C=C/C(=O)OCc1nc(-c2ccccc2)no1. The largest absolute Gasteiger partial charge is 0.452 e. The predicted octanol–water partition coefficient (Wildman–Crippen LogP) is 4.30. The van der Waals surface area contributed by atoms with E-state index in [2.05, 4.69) is 15.2 Å². The number of esters is 1. The average Bonchev–Trinajstić information content (AvgIpc) is 3.37. The van der Waals surface area contributed by atoms with Gasteiger partial charge in [0.15, 0.2) is 6.61 Å². The lowest BCUT2D eigenvalue weighted by molar-refractivity contribution is -0.139. The van der Waals surface area contributed by atoms with Crippen molar-refractivity contribution in [2.45, 2.75) is 20.5 Å². The lowest BCUT2D eigenvalue weighted by Gasteiger charge is -2.03. The number of carbonyl (C=O) groups excluding carboxylic acids is 1. The summed E-state index contributed by atoms with van der Waals surface area (Å²) in [6, 6.07) is 19.3. The van der Waals surface area contributed by atoms with Gasteiger partial charge in [0.25, 0.3) is 5.89 Å². The quantitative estimate of drug-likeness (QED) is 0.355. The number of para-hydroxylation sites is 1. The molecule has 0 amide bonds. The molecule has 0 unspecified atom stereocenters. The van der Waals surface area contributed by atoms with Crippen LogP contribution in [0.5, 0.6) is 0 Å². The van der Waals surface area contributed by atoms with Crippen LogP contribution in [-0.4, -0.2) is 25.9 Å². The van der Waals surface area contributed by atoms with Gasteiger partial charge in [-0.05, 0) is 32.1 Å². The summed E-state index contributed by atoms with van der Waals surface area (Å²) in [7, 11) is 0. The Morgan fingerprint density at radius 1 is 1.07 bits per heavy atom. The van der Waals surface area contributed by atoms with Gasteiger partial charge in [-0.1, -0.05) is 53.7 Å². The maximum atomic E-state index is 12.1. The van der Waals surface area contributed by atoms with Gasteiger partial charge in [-0.25, -0.2) is 9.48 Å². The highest BCUT2D eigenvalue weighted by Crippen LogP contribution is 2.19. The molecule has 7 heteroatoms. The molecule has 0 aliphatic carbocycles. The average molecular weight is 400 g/mol. The van der Waals surface area contributed by atoms with E-state index in [0.29, 0.717) is 5.82 Å². The third kappa shape index (κ3) is 4.20. The minimum atomic E-state index is -0.499. The van der Waals surface area contributed by atoms with Gasteiger partial charge < -0.3 is 9.26 Å². The Morgan fingerprint density at radius 2 is 1.77 bits per heavy atom. The fraction of sp³-hybridized carbons (Fsp3) is 0.130. The van der Waals surface area contributed by atoms with E-state index in [0.717, 1.165) is 28.2 Å². The summed E-state index contributed by atoms with van der Waals surface area (Å²) in [5, 5.41) is 8.47. The first-order valence-electron chi connectivity index (χ1n) is 9.46. The zero-order chi connectivity index (χ0) is 20.9. The van der Waals surface area contributed by atoms with E-state index in [-0.39, 0.29) is 12.5 Å². The molecule has 7 nitrogen and oxygen atoms in total. The highest BCUT2D eigenvalue weighted by Gasteiger charge is 2.12. The Labute approximate surface area is 173 Å². The topological polar surface area (TPSA) is 83.0 Å². The first-order valence-corrected chi connectivity index (χ1v) is 9.46. The number of benzene rings is 2. The molecule has 0 saturated carbocycles. The summed E-state index contributed by atoms with van der Waals surface area (Å²) in [5.74, 6) is 0.192. The lowest BCUT2D eigenvalue weighted by Crippen LogP contribution is -2.01. The fourth-order valence-corrected chi connectivity index (χ4v) is 3.07.